The molecule has 4 aromatic heterocycles. The Bertz CT molecular complexity index is 3160. The molecule has 0 aliphatic heterocycles. The Kier molecular flexibility index (Phi) is 6.79. The minimum atomic E-state index is 0.817. The fraction of sp³-hybridized carbons (Fsp3) is 0. The molecule has 11 aromatic rings. The molecule has 0 atom stereocenters. The Labute approximate surface area is 311 Å². The highest BCUT2D eigenvalue weighted by Crippen LogP contribution is 2.38. The molecule has 0 saturated carbocycles. The van der Waals surface area contributed by atoms with Crippen molar-refractivity contribution in [2.45, 2.75) is 0 Å². The van der Waals surface area contributed by atoms with Crippen molar-refractivity contribution in [3.8, 4) is 50.7 Å². The normalized spacial score (nSPS) is 11.7. The number of rotatable bonds is 5. The Morgan fingerprint density at radius 2 is 0.907 bits per heavy atom. The molecule has 0 N–H and O–H groups in total. The van der Waals surface area contributed by atoms with Crippen molar-refractivity contribution in [3.05, 3.63) is 188 Å². The lowest BCUT2D eigenvalue weighted by molar-refractivity contribution is 0.979. The van der Waals surface area contributed by atoms with Gasteiger partial charge in [0, 0.05) is 27.3 Å². The van der Waals surface area contributed by atoms with E-state index in [0.29, 0.717) is 0 Å². The monoisotopic (exact) mass is 689 g/mol. The standard InChI is InChI=1S/C49H31N5/c1-3-14-32(15-4-1)37-30-43(33-16-5-2-6-17-33)50-44(31-37)36-19-13-18-34(28-36)35-26-27-46-40(29-35)38-20-8-11-24-45(38)53(46)49-52-41-22-9-7-21-39(41)48-51-42-23-10-12-25-47(42)54(48)49/h1-31H. The number of hydrogen-bond acceptors (Lipinski definition) is 3. The second-order valence-electron chi connectivity index (χ2n) is 13.7. The summed E-state index contributed by atoms with van der Waals surface area (Å²) in [6, 6.07) is 66.1. The Morgan fingerprint density at radius 1 is 0.315 bits per heavy atom. The van der Waals surface area contributed by atoms with Crippen LogP contribution in [0.2, 0.25) is 0 Å². The Morgan fingerprint density at radius 3 is 1.72 bits per heavy atom. The van der Waals surface area contributed by atoms with Gasteiger partial charge in [0.15, 0.2) is 0 Å². The van der Waals surface area contributed by atoms with E-state index in [2.05, 4.69) is 179 Å². The van der Waals surface area contributed by atoms with E-state index >= 15 is 0 Å². The molecular weight excluding hydrogens is 659 g/mol. The summed E-state index contributed by atoms with van der Waals surface area (Å²) in [6.45, 7) is 0. The van der Waals surface area contributed by atoms with Crippen molar-refractivity contribution in [2.24, 2.45) is 0 Å². The lowest BCUT2D eigenvalue weighted by Gasteiger charge is -2.13. The largest absolute Gasteiger partial charge is 0.279 e. The molecule has 0 bridgehead atoms. The average molecular weight is 690 g/mol. The van der Waals surface area contributed by atoms with Crippen LogP contribution in [0.5, 0.6) is 0 Å². The third kappa shape index (κ3) is 4.83. The summed E-state index contributed by atoms with van der Waals surface area (Å²) in [6.07, 6.45) is 0. The fourth-order valence-corrected chi connectivity index (χ4v) is 7.94. The van der Waals surface area contributed by atoms with E-state index in [1.54, 1.807) is 0 Å². The van der Waals surface area contributed by atoms with Crippen LogP contribution in [-0.2, 0) is 0 Å². The van der Waals surface area contributed by atoms with Crippen molar-refractivity contribution in [1.29, 1.82) is 0 Å². The summed E-state index contributed by atoms with van der Waals surface area (Å²) < 4.78 is 4.50. The molecule has 0 radical (unpaired) electrons. The highest BCUT2D eigenvalue weighted by molar-refractivity contribution is 6.11. The number of fused-ring (bicyclic) bond motifs is 8. The predicted molar refractivity (Wildman–Crippen MR) is 222 cm³/mol. The summed E-state index contributed by atoms with van der Waals surface area (Å²) in [7, 11) is 0. The van der Waals surface area contributed by atoms with Crippen LogP contribution in [0.1, 0.15) is 0 Å². The van der Waals surface area contributed by atoms with Crippen LogP contribution in [0.4, 0.5) is 0 Å². The predicted octanol–water partition coefficient (Wildman–Crippen LogP) is 12.2. The number of imidazole rings is 1. The molecule has 0 saturated heterocycles. The molecule has 7 aromatic carbocycles. The molecule has 11 rings (SSSR count). The van der Waals surface area contributed by atoms with Crippen molar-refractivity contribution in [3.63, 3.8) is 0 Å². The van der Waals surface area contributed by atoms with Crippen molar-refractivity contribution >= 4 is 49.4 Å². The van der Waals surface area contributed by atoms with E-state index in [1.165, 1.54) is 5.39 Å². The third-order valence-electron chi connectivity index (χ3n) is 10.5. The second-order valence-corrected chi connectivity index (χ2v) is 13.7. The van der Waals surface area contributed by atoms with E-state index in [1.807, 2.05) is 18.2 Å². The molecule has 0 aliphatic carbocycles. The summed E-state index contributed by atoms with van der Waals surface area (Å²) >= 11 is 0. The summed E-state index contributed by atoms with van der Waals surface area (Å²) in [5, 5.41) is 3.36. The zero-order valence-corrected chi connectivity index (χ0v) is 29.1. The van der Waals surface area contributed by atoms with Gasteiger partial charge in [-0.3, -0.25) is 8.97 Å². The van der Waals surface area contributed by atoms with Gasteiger partial charge in [-0.15, -0.1) is 0 Å². The Hall–Kier alpha value is -7.37. The molecule has 54 heavy (non-hydrogen) atoms. The second kappa shape index (κ2) is 12.1. The topological polar surface area (TPSA) is 48.0 Å². The van der Waals surface area contributed by atoms with Crippen LogP contribution in [0.15, 0.2) is 188 Å². The summed E-state index contributed by atoms with van der Waals surface area (Å²) in [5.41, 5.74) is 14.6. The third-order valence-corrected chi connectivity index (χ3v) is 10.5. The van der Waals surface area contributed by atoms with Crippen LogP contribution in [0.25, 0.3) is 100 Å². The van der Waals surface area contributed by atoms with Gasteiger partial charge >= 0.3 is 0 Å². The highest BCUT2D eigenvalue weighted by Gasteiger charge is 2.20. The zero-order chi connectivity index (χ0) is 35.6. The zero-order valence-electron chi connectivity index (χ0n) is 29.1. The van der Waals surface area contributed by atoms with E-state index in [4.69, 9.17) is 15.0 Å². The van der Waals surface area contributed by atoms with Crippen LogP contribution in [0, 0.1) is 0 Å². The van der Waals surface area contributed by atoms with Gasteiger partial charge in [0.25, 0.3) is 0 Å². The van der Waals surface area contributed by atoms with E-state index < -0.39 is 0 Å². The SMILES string of the molecule is c1ccc(-c2cc(-c3ccccc3)nc(-c3cccc(-c4ccc5c(c4)c4ccccc4n5-c4nc5ccccc5c5nc6ccccc6n45)c3)c2)cc1. The van der Waals surface area contributed by atoms with Gasteiger partial charge in [0.05, 0.1) is 39.0 Å². The molecule has 0 unspecified atom stereocenters. The van der Waals surface area contributed by atoms with Crippen LogP contribution in [-0.4, -0.2) is 23.9 Å². The van der Waals surface area contributed by atoms with Gasteiger partial charge in [-0.2, -0.15) is 0 Å². The van der Waals surface area contributed by atoms with Gasteiger partial charge < -0.3 is 0 Å². The lowest BCUT2D eigenvalue weighted by atomic mass is 9.97. The first-order chi connectivity index (χ1) is 26.8. The first-order valence-corrected chi connectivity index (χ1v) is 18.2. The van der Waals surface area contributed by atoms with Gasteiger partial charge in [-0.25, -0.2) is 15.0 Å². The minimum Gasteiger partial charge on any atom is -0.279 e. The molecule has 5 heteroatoms. The maximum atomic E-state index is 5.33. The number of hydrogen-bond donors (Lipinski definition) is 0. The molecule has 5 nitrogen and oxygen atoms in total. The van der Waals surface area contributed by atoms with Crippen LogP contribution in [0.3, 0.4) is 0 Å². The quantitative estimate of drug-likeness (QED) is 0.181. The van der Waals surface area contributed by atoms with E-state index in [0.717, 1.165) is 94.7 Å². The number of pyridine rings is 1. The highest BCUT2D eigenvalue weighted by atomic mass is 15.2. The number of benzene rings is 7. The molecule has 0 aliphatic rings. The number of para-hydroxylation sites is 4. The molecule has 4 heterocycles. The summed E-state index contributed by atoms with van der Waals surface area (Å²) in [4.78, 5) is 15.6. The lowest BCUT2D eigenvalue weighted by Crippen LogP contribution is -2.06. The fourth-order valence-electron chi connectivity index (χ4n) is 7.94. The average Bonchev–Trinajstić information content (AvgIpc) is 3.80. The van der Waals surface area contributed by atoms with E-state index in [9.17, 15) is 0 Å². The van der Waals surface area contributed by atoms with Gasteiger partial charge in [0.2, 0.25) is 5.95 Å². The Balaban J connectivity index is 1.09. The molecular formula is C49H31N5. The molecule has 0 spiro atoms. The smallest absolute Gasteiger partial charge is 0.221 e. The molecule has 252 valence electrons. The van der Waals surface area contributed by atoms with Crippen molar-refractivity contribution in [1.82, 2.24) is 23.9 Å². The van der Waals surface area contributed by atoms with Crippen LogP contribution >= 0.6 is 0 Å². The van der Waals surface area contributed by atoms with Gasteiger partial charge in [-0.1, -0.05) is 127 Å². The minimum absolute atomic E-state index is 0.817. The van der Waals surface area contributed by atoms with Gasteiger partial charge in [0.1, 0.15) is 5.65 Å². The van der Waals surface area contributed by atoms with Crippen LogP contribution < -0.4 is 0 Å². The summed E-state index contributed by atoms with van der Waals surface area (Å²) in [5.74, 6) is 0.817. The molecule has 0 amide bonds. The maximum Gasteiger partial charge on any atom is 0.221 e. The first kappa shape index (κ1) is 30.3. The number of aromatic nitrogens is 5. The van der Waals surface area contributed by atoms with Gasteiger partial charge in [-0.05, 0) is 82.9 Å². The first-order valence-electron chi connectivity index (χ1n) is 18.2. The number of nitrogens with zero attached hydrogens (tertiary/aromatic N) is 5. The van der Waals surface area contributed by atoms with Crippen molar-refractivity contribution < 1.29 is 0 Å². The molecule has 0 fully saturated rings. The van der Waals surface area contributed by atoms with Crippen molar-refractivity contribution in [2.75, 3.05) is 0 Å². The van der Waals surface area contributed by atoms with E-state index in [-0.39, 0.29) is 0 Å². The maximum absolute atomic E-state index is 5.33.